The standard InChI is InChI=1S/C20H24FN5O4/c1-3-30-24-15-8-25(10-20(15,2)9-22)18-14(21)6-12-16(27)13(19(28)29)7-26(11-4-5-11)17(12)23-18/h6-7,11H,3-5,8-10,22H2,1-2H3,(H,28,29). The van der Waals surface area contributed by atoms with E-state index >= 15 is 4.39 Å². The number of nitrogens with zero attached hydrogens (tertiary/aromatic N) is 4. The zero-order valence-electron chi connectivity index (χ0n) is 16.9. The predicted molar refractivity (Wildman–Crippen MR) is 110 cm³/mol. The van der Waals surface area contributed by atoms with E-state index in [2.05, 4.69) is 10.1 Å². The van der Waals surface area contributed by atoms with Gasteiger partial charge in [0.2, 0.25) is 5.43 Å². The lowest BCUT2D eigenvalue weighted by Gasteiger charge is -2.23. The molecule has 0 amide bonds. The number of halogens is 1. The first-order chi connectivity index (χ1) is 14.3. The molecule has 4 rings (SSSR count). The number of hydrogen-bond acceptors (Lipinski definition) is 7. The monoisotopic (exact) mass is 417 g/mol. The summed E-state index contributed by atoms with van der Waals surface area (Å²) in [6, 6.07) is 1.14. The molecule has 0 bridgehead atoms. The van der Waals surface area contributed by atoms with Crippen molar-refractivity contribution in [2.75, 3.05) is 31.1 Å². The first kappa shape index (κ1) is 20.3. The fourth-order valence-corrected chi connectivity index (χ4v) is 3.80. The van der Waals surface area contributed by atoms with E-state index < -0.39 is 22.6 Å². The molecule has 2 aliphatic rings. The molecule has 0 spiro atoms. The van der Waals surface area contributed by atoms with Gasteiger partial charge in [0.15, 0.2) is 11.6 Å². The lowest BCUT2D eigenvalue weighted by atomic mass is 9.88. The van der Waals surface area contributed by atoms with E-state index in [1.54, 1.807) is 9.47 Å². The van der Waals surface area contributed by atoms with Crippen LogP contribution in [0.15, 0.2) is 22.2 Å². The Kier molecular flexibility index (Phi) is 4.97. The summed E-state index contributed by atoms with van der Waals surface area (Å²) in [5, 5.41) is 13.5. The van der Waals surface area contributed by atoms with Crippen LogP contribution >= 0.6 is 0 Å². The molecule has 3 N–H and O–H groups in total. The second-order valence-corrected chi connectivity index (χ2v) is 8.06. The lowest BCUT2D eigenvalue weighted by molar-refractivity contribution is 0.0695. The minimum absolute atomic E-state index is 0.0351. The number of carboxylic acid groups (broad SMARTS) is 1. The molecule has 10 heteroatoms. The Balaban J connectivity index is 1.84. The number of hydrogen-bond donors (Lipinski definition) is 2. The maximum atomic E-state index is 15.1. The highest BCUT2D eigenvalue weighted by Crippen LogP contribution is 2.38. The van der Waals surface area contributed by atoms with Crippen LogP contribution in [-0.2, 0) is 4.84 Å². The molecule has 2 aromatic rings. The van der Waals surface area contributed by atoms with Crippen molar-refractivity contribution in [2.45, 2.75) is 32.7 Å². The molecule has 1 saturated carbocycles. The molecule has 1 aliphatic carbocycles. The summed E-state index contributed by atoms with van der Waals surface area (Å²) < 4.78 is 16.7. The molecule has 3 heterocycles. The highest BCUT2D eigenvalue weighted by atomic mass is 19.1. The van der Waals surface area contributed by atoms with Gasteiger partial charge in [-0.1, -0.05) is 12.1 Å². The van der Waals surface area contributed by atoms with Crippen LogP contribution < -0.4 is 16.1 Å². The van der Waals surface area contributed by atoms with E-state index in [0.717, 1.165) is 18.9 Å². The fraction of sp³-hybridized carbons (Fsp3) is 0.500. The van der Waals surface area contributed by atoms with Gasteiger partial charge in [-0.05, 0) is 25.8 Å². The molecule has 1 saturated heterocycles. The summed E-state index contributed by atoms with van der Waals surface area (Å²) in [7, 11) is 0. The Morgan fingerprint density at radius 3 is 2.83 bits per heavy atom. The Labute approximate surface area is 171 Å². The van der Waals surface area contributed by atoms with Crippen molar-refractivity contribution in [3.8, 4) is 0 Å². The van der Waals surface area contributed by atoms with Crippen molar-refractivity contribution in [1.29, 1.82) is 0 Å². The number of carboxylic acids is 1. The minimum atomic E-state index is -1.34. The molecule has 2 fully saturated rings. The van der Waals surface area contributed by atoms with Crippen LogP contribution in [0.3, 0.4) is 0 Å². The van der Waals surface area contributed by atoms with Gasteiger partial charge in [-0.3, -0.25) is 4.79 Å². The Morgan fingerprint density at radius 1 is 1.50 bits per heavy atom. The average molecular weight is 417 g/mol. The minimum Gasteiger partial charge on any atom is -0.477 e. The van der Waals surface area contributed by atoms with Crippen molar-refractivity contribution < 1.29 is 19.1 Å². The summed E-state index contributed by atoms with van der Waals surface area (Å²) in [5.74, 6) is -1.95. The molecule has 0 radical (unpaired) electrons. The van der Waals surface area contributed by atoms with Crippen LogP contribution in [0.2, 0.25) is 0 Å². The third-order valence-electron chi connectivity index (χ3n) is 5.74. The zero-order valence-corrected chi connectivity index (χ0v) is 16.9. The van der Waals surface area contributed by atoms with E-state index in [1.165, 1.54) is 6.20 Å². The van der Waals surface area contributed by atoms with Crippen LogP contribution in [0.5, 0.6) is 0 Å². The first-order valence-electron chi connectivity index (χ1n) is 9.92. The summed E-state index contributed by atoms with van der Waals surface area (Å²) in [4.78, 5) is 35.5. The number of fused-ring (bicyclic) bond motifs is 1. The number of aromatic nitrogens is 2. The normalized spacial score (nSPS) is 22.8. The van der Waals surface area contributed by atoms with Crippen molar-refractivity contribution in [2.24, 2.45) is 16.3 Å². The fourth-order valence-electron chi connectivity index (χ4n) is 3.80. The van der Waals surface area contributed by atoms with Gasteiger partial charge in [-0.15, -0.1) is 0 Å². The number of nitrogens with two attached hydrogens (primary N) is 1. The van der Waals surface area contributed by atoms with Crippen molar-refractivity contribution >= 4 is 28.5 Å². The van der Waals surface area contributed by atoms with E-state index in [-0.39, 0.29) is 28.5 Å². The van der Waals surface area contributed by atoms with E-state index in [9.17, 15) is 14.7 Å². The lowest BCUT2D eigenvalue weighted by Crippen LogP contribution is -2.36. The highest BCUT2D eigenvalue weighted by Gasteiger charge is 2.41. The Bertz CT molecular complexity index is 1110. The predicted octanol–water partition coefficient (Wildman–Crippen LogP) is 1.75. The molecular formula is C20H24FN5O4. The van der Waals surface area contributed by atoms with Gasteiger partial charge >= 0.3 is 5.97 Å². The van der Waals surface area contributed by atoms with E-state index in [1.807, 2.05) is 13.8 Å². The van der Waals surface area contributed by atoms with Gasteiger partial charge in [0.1, 0.15) is 17.8 Å². The SMILES string of the molecule is CCON=C1CN(c2nc3c(cc2F)c(=O)c(C(=O)O)cn3C2CC2)CC1(C)CN. The third kappa shape index (κ3) is 3.30. The summed E-state index contributed by atoms with van der Waals surface area (Å²) in [5.41, 5.74) is 5.33. The van der Waals surface area contributed by atoms with Crippen LogP contribution in [0, 0.1) is 11.2 Å². The van der Waals surface area contributed by atoms with Gasteiger partial charge < -0.3 is 25.1 Å². The smallest absolute Gasteiger partial charge is 0.341 e. The molecule has 30 heavy (non-hydrogen) atoms. The van der Waals surface area contributed by atoms with Crippen molar-refractivity contribution in [1.82, 2.24) is 9.55 Å². The molecule has 1 atom stereocenters. The second-order valence-electron chi connectivity index (χ2n) is 8.06. The van der Waals surface area contributed by atoms with Crippen molar-refractivity contribution in [3.05, 3.63) is 33.9 Å². The number of rotatable bonds is 6. The number of pyridine rings is 2. The second kappa shape index (κ2) is 7.35. The van der Waals surface area contributed by atoms with Crippen molar-refractivity contribution in [3.63, 3.8) is 0 Å². The van der Waals surface area contributed by atoms with Gasteiger partial charge in [0, 0.05) is 30.7 Å². The molecule has 9 nitrogen and oxygen atoms in total. The van der Waals surface area contributed by atoms with E-state index in [0.29, 0.717) is 32.0 Å². The molecule has 2 aromatic heterocycles. The number of anilines is 1. The van der Waals surface area contributed by atoms with Crippen LogP contribution in [0.1, 0.15) is 43.1 Å². The van der Waals surface area contributed by atoms with Gasteiger partial charge in [0.25, 0.3) is 0 Å². The van der Waals surface area contributed by atoms with Gasteiger partial charge in [-0.2, -0.15) is 0 Å². The van der Waals surface area contributed by atoms with Gasteiger partial charge in [0.05, 0.1) is 17.6 Å². The summed E-state index contributed by atoms with van der Waals surface area (Å²) >= 11 is 0. The summed E-state index contributed by atoms with van der Waals surface area (Å²) in [6.07, 6.45) is 3.02. The maximum Gasteiger partial charge on any atom is 0.341 e. The third-order valence-corrected chi connectivity index (χ3v) is 5.74. The Morgan fingerprint density at radius 2 is 2.23 bits per heavy atom. The number of carbonyl (C=O) groups is 1. The largest absolute Gasteiger partial charge is 0.477 e. The average Bonchev–Trinajstić information content (AvgIpc) is 3.50. The molecule has 1 unspecified atom stereocenters. The number of aromatic carboxylic acids is 1. The van der Waals surface area contributed by atoms with Crippen LogP contribution in [-0.4, -0.2) is 52.6 Å². The first-order valence-corrected chi connectivity index (χ1v) is 9.92. The van der Waals surface area contributed by atoms with Crippen LogP contribution in [0.25, 0.3) is 11.0 Å². The topological polar surface area (TPSA) is 123 Å². The maximum absolute atomic E-state index is 15.1. The van der Waals surface area contributed by atoms with E-state index in [4.69, 9.17) is 10.6 Å². The molecular weight excluding hydrogens is 393 g/mol. The molecule has 1 aliphatic heterocycles. The summed E-state index contributed by atoms with van der Waals surface area (Å²) in [6.45, 7) is 5.16. The molecule has 160 valence electrons. The molecule has 0 aromatic carbocycles. The highest BCUT2D eigenvalue weighted by molar-refractivity contribution is 5.97. The Hall–Kier alpha value is -3.01. The van der Waals surface area contributed by atoms with Gasteiger partial charge in [-0.25, -0.2) is 14.2 Å². The quantitative estimate of drug-likeness (QED) is 0.686. The number of oxime groups is 1. The zero-order chi connectivity index (χ0) is 21.6. The van der Waals surface area contributed by atoms with Crippen LogP contribution in [0.4, 0.5) is 10.2 Å².